The first kappa shape index (κ1) is 9.47. The van der Waals surface area contributed by atoms with E-state index < -0.39 is 0 Å². The van der Waals surface area contributed by atoms with Crippen LogP contribution in [-0.2, 0) is 4.79 Å². The zero-order valence-corrected chi connectivity index (χ0v) is 7.94. The second-order valence-corrected chi connectivity index (χ2v) is 2.16. The Balaban J connectivity index is 0.000000640. The zero-order chi connectivity index (χ0) is 5.82. The standard InChI is InChI=1S/C6H11NO.Na/c8-6-4-2-1-3-5-7-6;/h1-5H2,(H,7,8);. The molecule has 0 spiro atoms. The smallest absolute Gasteiger partial charge is 0.219 e. The summed E-state index contributed by atoms with van der Waals surface area (Å²) < 4.78 is 0. The van der Waals surface area contributed by atoms with Crippen molar-refractivity contribution in [2.75, 3.05) is 6.54 Å². The molecule has 1 heterocycles. The van der Waals surface area contributed by atoms with Gasteiger partial charge in [-0.25, -0.2) is 0 Å². The normalized spacial score (nSPS) is 19.3. The van der Waals surface area contributed by atoms with E-state index in [1.165, 1.54) is 6.42 Å². The van der Waals surface area contributed by atoms with Gasteiger partial charge in [0.05, 0.1) is 0 Å². The minimum absolute atomic E-state index is 0. The van der Waals surface area contributed by atoms with Crippen molar-refractivity contribution in [2.45, 2.75) is 25.7 Å². The van der Waals surface area contributed by atoms with Gasteiger partial charge in [0.1, 0.15) is 0 Å². The third-order valence-corrected chi connectivity index (χ3v) is 1.40. The summed E-state index contributed by atoms with van der Waals surface area (Å²) in [5.74, 6) is 0.225. The number of nitrogens with one attached hydrogen (secondary N) is 1. The predicted octanol–water partition coefficient (Wildman–Crippen LogP) is 0.296. The van der Waals surface area contributed by atoms with Crippen molar-refractivity contribution in [3.63, 3.8) is 0 Å². The molecule has 9 heavy (non-hydrogen) atoms. The third-order valence-electron chi connectivity index (χ3n) is 1.40. The summed E-state index contributed by atoms with van der Waals surface area (Å²) in [6.45, 7) is 0.888. The molecule has 1 amide bonds. The van der Waals surface area contributed by atoms with Crippen LogP contribution in [0.5, 0.6) is 0 Å². The number of amides is 1. The van der Waals surface area contributed by atoms with E-state index in [4.69, 9.17) is 0 Å². The number of hydrogen-bond acceptors (Lipinski definition) is 1. The van der Waals surface area contributed by atoms with Crippen LogP contribution in [0.25, 0.3) is 0 Å². The Hall–Kier alpha value is 0.470. The van der Waals surface area contributed by atoms with Gasteiger partial charge in [0, 0.05) is 42.5 Å². The second kappa shape index (κ2) is 5.27. The van der Waals surface area contributed by atoms with Crippen LogP contribution in [0.15, 0.2) is 0 Å². The van der Waals surface area contributed by atoms with E-state index in [-0.39, 0.29) is 35.5 Å². The number of carbonyl (C=O) groups excluding carboxylic acids is 1. The van der Waals surface area contributed by atoms with Gasteiger partial charge >= 0.3 is 0 Å². The van der Waals surface area contributed by atoms with Crippen molar-refractivity contribution in [3.05, 3.63) is 0 Å². The van der Waals surface area contributed by atoms with E-state index in [2.05, 4.69) is 5.32 Å². The summed E-state index contributed by atoms with van der Waals surface area (Å²) in [5.41, 5.74) is 0. The van der Waals surface area contributed by atoms with Gasteiger partial charge in [-0.15, -0.1) is 0 Å². The van der Waals surface area contributed by atoms with Gasteiger partial charge in [-0.05, 0) is 12.8 Å². The fraction of sp³-hybridized carbons (Fsp3) is 0.833. The second-order valence-electron chi connectivity index (χ2n) is 2.16. The van der Waals surface area contributed by atoms with E-state index in [1.807, 2.05) is 0 Å². The Kier molecular flexibility index (Phi) is 5.55. The molecule has 0 bridgehead atoms. The van der Waals surface area contributed by atoms with E-state index in [9.17, 15) is 4.79 Å². The largest absolute Gasteiger partial charge is 0.356 e. The summed E-state index contributed by atoms with van der Waals surface area (Å²) in [4.78, 5) is 10.6. The molecule has 0 unspecified atom stereocenters. The minimum Gasteiger partial charge on any atom is -0.356 e. The van der Waals surface area contributed by atoms with Crippen LogP contribution in [0.4, 0.5) is 0 Å². The van der Waals surface area contributed by atoms with E-state index in [1.54, 1.807) is 0 Å². The first-order valence-corrected chi connectivity index (χ1v) is 3.16. The summed E-state index contributed by atoms with van der Waals surface area (Å²) in [5, 5.41) is 2.81. The Morgan fingerprint density at radius 3 is 2.78 bits per heavy atom. The van der Waals surface area contributed by atoms with E-state index in [0.717, 1.165) is 25.8 Å². The maximum Gasteiger partial charge on any atom is 0.219 e. The first-order valence-electron chi connectivity index (χ1n) is 3.16. The minimum atomic E-state index is 0. The molecule has 1 rings (SSSR count). The molecule has 0 saturated carbocycles. The maximum absolute atomic E-state index is 10.6. The van der Waals surface area contributed by atoms with Crippen LogP contribution in [-0.4, -0.2) is 42.0 Å². The number of hydrogen-bond donors (Lipinski definition) is 1. The summed E-state index contributed by atoms with van der Waals surface area (Å²) >= 11 is 0. The molecule has 1 aliphatic heterocycles. The third kappa shape index (κ3) is 3.95. The van der Waals surface area contributed by atoms with Crippen LogP contribution >= 0.6 is 0 Å². The molecular weight excluding hydrogens is 125 g/mol. The van der Waals surface area contributed by atoms with Crippen molar-refractivity contribution in [3.8, 4) is 0 Å². The molecule has 2 nitrogen and oxygen atoms in total. The maximum atomic E-state index is 10.6. The SMILES string of the molecule is O=C1CCCCCN1.[Na]. The molecule has 47 valence electrons. The monoisotopic (exact) mass is 136 g/mol. The molecule has 3 heteroatoms. The number of carbonyl (C=O) groups is 1. The van der Waals surface area contributed by atoms with Gasteiger partial charge in [0.15, 0.2) is 0 Å². The predicted molar refractivity (Wildman–Crippen MR) is 37.2 cm³/mol. The molecular formula is C6H11NNaO. The number of rotatable bonds is 0. The fourth-order valence-electron chi connectivity index (χ4n) is 0.904. The van der Waals surface area contributed by atoms with E-state index >= 15 is 0 Å². The van der Waals surface area contributed by atoms with Crippen molar-refractivity contribution in [1.29, 1.82) is 0 Å². The van der Waals surface area contributed by atoms with Gasteiger partial charge < -0.3 is 5.32 Å². The quantitative estimate of drug-likeness (QED) is 0.477. The molecule has 0 aromatic heterocycles. The van der Waals surface area contributed by atoms with Crippen molar-refractivity contribution < 1.29 is 4.79 Å². The molecule has 0 aromatic carbocycles. The fourth-order valence-corrected chi connectivity index (χ4v) is 0.904. The molecule has 0 aromatic rings. The van der Waals surface area contributed by atoms with Crippen molar-refractivity contribution in [1.82, 2.24) is 5.32 Å². The Morgan fingerprint density at radius 2 is 2.00 bits per heavy atom. The van der Waals surface area contributed by atoms with Crippen molar-refractivity contribution in [2.24, 2.45) is 0 Å². The topological polar surface area (TPSA) is 29.1 Å². The van der Waals surface area contributed by atoms with Crippen LogP contribution in [0.2, 0.25) is 0 Å². The Morgan fingerprint density at radius 1 is 1.22 bits per heavy atom. The molecule has 1 aliphatic rings. The molecule has 1 N–H and O–H groups in total. The molecule has 1 saturated heterocycles. The molecule has 0 aliphatic carbocycles. The summed E-state index contributed by atoms with van der Waals surface area (Å²) in [6.07, 6.45) is 4.18. The van der Waals surface area contributed by atoms with Gasteiger partial charge in [0.25, 0.3) is 0 Å². The van der Waals surface area contributed by atoms with E-state index in [0.29, 0.717) is 0 Å². The molecule has 0 atom stereocenters. The zero-order valence-electron chi connectivity index (χ0n) is 5.94. The van der Waals surface area contributed by atoms with Gasteiger partial charge in [0.2, 0.25) is 5.91 Å². The van der Waals surface area contributed by atoms with Crippen LogP contribution in [0.3, 0.4) is 0 Å². The Bertz CT molecular complexity index is 85.1. The first-order chi connectivity index (χ1) is 3.89. The molecule has 1 radical (unpaired) electrons. The average Bonchev–Trinajstić information content (AvgIpc) is 1.94. The van der Waals surface area contributed by atoms with Gasteiger partial charge in [-0.3, -0.25) is 4.79 Å². The molecule has 1 fully saturated rings. The summed E-state index contributed by atoms with van der Waals surface area (Å²) in [6, 6.07) is 0. The van der Waals surface area contributed by atoms with Crippen LogP contribution in [0, 0.1) is 0 Å². The summed E-state index contributed by atoms with van der Waals surface area (Å²) in [7, 11) is 0. The van der Waals surface area contributed by atoms with Crippen LogP contribution < -0.4 is 5.32 Å². The average molecular weight is 136 g/mol. The van der Waals surface area contributed by atoms with Gasteiger partial charge in [-0.1, -0.05) is 6.42 Å². The van der Waals surface area contributed by atoms with Crippen LogP contribution in [0.1, 0.15) is 25.7 Å². The Labute approximate surface area is 77.7 Å². The van der Waals surface area contributed by atoms with Gasteiger partial charge in [-0.2, -0.15) is 0 Å². The van der Waals surface area contributed by atoms with Crippen molar-refractivity contribution >= 4 is 35.5 Å².